The summed E-state index contributed by atoms with van der Waals surface area (Å²) in [5.74, 6) is -0.825. The zero-order chi connectivity index (χ0) is 14.7. The van der Waals surface area contributed by atoms with Crippen molar-refractivity contribution in [3.05, 3.63) is 65.0 Å². The van der Waals surface area contributed by atoms with Crippen LogP contribution in [0, 0.1) is 0 Å². The number of carbonyl (C=O) groups is 1. The number of aromatic nitrogens is 1. The van der Waals surface area contributed by atoms with Crippen LogP contribution in [0.1, 0.15) is 27.2 Å². The maximum atomic E-state index is 11.2. The van der Waals surface area contributed by atoms with Crippen molar-refractivity contribution >= 4 is 5.97 Å². The average molecular weight is 282 g/mol. The third-order valence-electron chi connectivity index (χ3n) is 3.99. The van der Waals surface area contributed by atoms with E-state index in [0.29, 0.717) is 5.56 Å². The third-order valence-corrected chi connectivity index (χ3v) is 3.99. The zero-order valence-corrected chi connectivity index (χ0v) is 11.8. The highest BCUT2D eigenvalue weighted by molar-refractivity contribution is 5.89. The van der Waals surface area contributed by atoms with E-state index in [4.69, 9.17) is 0 Å². The molecule has 0 radical (unpaired) electrons. The maximum absolute atomic E-state index is 11.2. The molecule has 0 atom stereocenters. The minimum absolute atomic E-state index is 0.455. The van der Waals surface area contributed by atoms with Crippen LogP contribution in [0.5, 0.6) is 0 Å². The van der Waals surface area contributed by atoms with Gasteiger partial charge in [0.25, 0.3) is 0 Å². The Balaban J connectivity index is 1.68. The van der Waals surface area contributed by atoms with Crippen molar-refractivity contribution in [3.8, 4) is 0 Å². The molecule has 0 unspecified atom stereocenters. The molecule has 4 heteroatoms. The lowest BCUT2D eigenvalue weighted by atomic mass is 9.94. The normalized spacial score (nSPS) is 14.7. The second-order valence-corrected chi connectivity index (χ2v) is 5.35. The molecule has 1 N–H and O–H groups in total. The Labute approximate surface area is 124 Å². The Kier molecular flexibility index (Phi) is 3.97. The van der Waals surface area contributed by atoms with E-state index in [1.165, 1.54) is 0 Å². The highest BCUT2D eigenvalue weighted by Gasteiger charge is 2.20. The van der Waals surface area contributed by atoms with E-state index >= 15 is 0 Å². The molecule has 108 valence electrons. The molecule has 3 rings (SSSR count). The van der Waals surface area contributed by atoms with Crippen LogP contribution in [0.3, 0.4) is 0 Å². The molecule has 0 amide bonds. The van der Waals surface area contributed by atoms with Crippen LogP contribution in [0.2, 0.25) is 0 Å². The van der Waals surface area contributed by atoms with Crippen LogP contribution in [-0.4, -0.2) is 34.0 Å². The van der Waals surface area contributed by atoms with E-state index in [0.717, 1.165) is 49.3 Å². The van der Waals surface area contributed by atoms with Gasteiger partial charge in [-0.05, 0) is 35.7 Å². The number of hydrogen-bond acceptors (Lipinski definition) is 3. The second-order valence-electron chi connectivity index (χ2n) is 5.35. The van der Waals surface area contributed by atoms with Crippen molar-refractivity contribution in [3.63, 3.8) is 0 Å². The standard InChI is InChI=1S/C17H18N2O2/c20-17(21)16-6-3-4-13-12-19(11-8-15(13)16)10-7-14-5-1-2-9-18-14/h1-6,9H,7-8,10-12H2,(H,20,21). The Morgan fingerprint density at radius 1 is 1.24 bits per heavy atom. The molecule has 1 aliphatic heterocycles. The largest absolute Gasteiger partial charge is 0.478 e. The van der Waals surface area contributed by atoms with E-state index in [2.05, 4.69) is 9.88 Å². The number of hydrogen-bond donors (Lipinski definition) is 1. The molecule has 21 heavy (non-hydrogen) atoms. The summed E-state index contributed by atoms with van der Waals surface area (Å²) < 4.78 is 0. The van der Waals surface area contributed by atoms with Crippen LogP contribution >= 0.6 is 0 Å². The number of pyridine rings is 1. The van der Waals surface area contributed by atoms with Crippen LogP contribution in [0.4, 0.5) is 0 Å². The molecule has 4 nitrogen and oxygen atoms in total. The summed E-state index contributed by atoms with van der Waals surface area (Å²) in [6.07, 6.45) is 3.55. The molecule has 2 heterocycles. The molecule has 0 bridgehead atoms. The van der Waals surface area contributed by atoms with E-state index < -0.39 is 5.97 Å². The number of aromatic carboxylic acids is 1. The van der Waals surface area contributed by atoms with Gasteiger partial charge in [-0.3, -0.25) is 9.88 Å². The van der Waals surface area contributed by atoms with Gasteiger partial charge in [-0.25, -0.2) is 4.79 Å². The molecule has 0 saturated carbocycles. The van der Waals surface area contributed by atoms with E-state index in [9.17, 15) is 9.90 Å². The summed E-state index contributed by atoms with van der Waals surface area (Å²) in [6, 6.07) is 11.5. The highest BCUT2D eigenvalue weighted by atomic mass is 16.4. The van der Waals surface area contributed by atoms with Crippen LogP contribution in [-0.2, 0) is 19.4 Å². The summed E-state index contributed by atoms with van der Waals surface area (Å²) in [5, 5.41) is 9.24. The molecule has 1 aliphatic rings. The lowest BCUT2D eigenvalue weighted by Crippen LogP contribution is -2.33. The van der Waals surface area contributed by atoms with Crippen LogP contribution < -0.4 is 0 Å². The molecular formula is C17H18N2O2. The molecule has 1 aromatic heterocycles. The van der Waals surface area contributed by atoms with Gasteiger partial charge in [0.2, 0.25) is 0 Å². The smallest absolute Gasteiger partial charge is 0.335 e. The third kappa shape index (κ3) is 3.11. The Morgan fingerprint density at radius 3 is 2.90 bits per heavy atom. The van der Waals surface area contributed by atoms with Gasteiger partial charge in [-0.1, -0.05) is 18.2 Å². The predicted octanol–water partition coefficient (Wildman–Crippen LogP) is 2.38. The summed E-state index contributed by atoms with van der Waals surface area (Å²) in [4.78, 5) is 17.9. The van der Waals surface area contributed by atoms with Crippen molar-refractivity contribution < 1.29 is 9.90 Å². The van der Waals surface area contributed by atoms with Crippen molar-refractivity contribution in [2.45, 2.75) is 19.4 Å². The lowest BCUT2D eigenvalue weighted by Gasteiger charge is -2.29. The van der Waals surface area contributed by atoms with E-state index in [-0.39, 0.29) is 0 Å². The van der Waals surface area contributed by atoms with Gasteiger partial charge in [-0.2, -0.15) is 0 Å². The molecule has 0 fully saturated rings. The minimum atomic E-state index is -0.825. The van der Waals surface area contributed by atoms with Crippen molar-refractivity contribution in [2.24, 2.45) is 0 Å². The maximum Gasteiger partial charge on any atom is 0.335 e. The highest BCUT2D eigenvalue weighted by Crippen LogP contribution is 2.22. The first-order valence-electron chi connectivity index (χ1n) is 7.20. The van der Waals surface area contributed by atoms with Crippen molar-refractivity contribution in [1.29, 1.82) is 0 Å². The zero-order valence-electron chi connectivity index (χ0n) is 11.8. The molecule has 2 aromatic rings. The topological polar surface area (TPSA) is 53.4 Å². The molecule has 0 aliphatic carbocycles. The predicted molar refractivity (Wildman–Crippen MR) is 80.3 cm³/mol. The molecular weight excluding hydrogens is 264 g/mol. The van der Waals surface area contributed by atoms with Gasteiger partial charge in [0, 0.05) is 37.9 Å². The number of carboxylic acids is 1. The number of benzene rings is 1. The first-order chi connectivity index (χ1) is 10.2. The molecule has 1 aromatic carbocycles. The van der Waals surface area contributed by atoms with Crippen molar-refractivity contribution in [2.75, 3.05) is 13.1 Å². The molecule has 0 saturated heterocycles. The first kappa shape index (κ1) is 13.8. The fourth-order valence-electron chi connectivity index (χ4n) is 2.88. The lowest BCUT2D eigenvalue weighted by molar-refractivity contribution is 0.0694. The van der Waals surface area contributed by atoms with Gasteiger partial charge in [0.15, 0.2) is 0 Å². The summed E-state index contributed by atoms with van der Waals surface area (Å²) >= 11 is 0. The fraction of sp³-hybridized carbons (Fsp3) is 0.294. The summed E-state index contributed by atoms with van der Waals surface area (Å²) in [5.41, 5.74) is 3.70. The van der Waals surface area contributed by atoms with Gasteiger partial charge in [0.1, 0.15) is 0 Å². The first-order valence-corrected chi connectivity index (χ1v) is 7.20. The number of fused-ring (bicyclic) bond motifs is 1. The van der Waals surface area contributed by atoms with Crippen LogP contribution in [0.15, 0.2) is 42.6 Å². The second kappa shape index (κ2) is 6.06. The van der Waals surface area contributed by atoms with Gasteiger partial charge in [0.05, 0.1) is 5.56 Å². The molecule has 0 spiro atoms. The van der Waals surface area contributed by atoms with Gasteiger partial charge >= 0.3 is 5.97 Å². The quantitative estimate of drug-likeness (QED) is 0.935. The average Bonchev–Trinajstić information content (AvgIpc) is 2.53. The Morgan fingerprint density at radius 2 is 2.14 bits per heavy atom. The van der Waals surface area contributed by atoms with Gasteiger partial charge < -0.3 is 5.11 Å². The number of rotatable bonds is 4. The number of nitrogens with zero attached hydrogens (tertiary/aromatic N) is 2. The SMILES string of the molecule is O=C(O)c1cccc2c1CCN(CCc1ccccn1)C2. The fourth-order valence-corrected chi connectivity index (χ4v) is 2.88. The monoisotopic (exact) mass is 282 g/mol. The van der Waals surface area contributed by atoms with Gasteiger partial charge in [-0.15, -0.1) is 0 Å². The van der Waals surface area contributed by atoms with Crippen molar-refractivity contribution in [1.82, 2.24) is 9.88 Å². The minimum Gasteiger partial charge on any atom is -0.478 e. The van der Waals surface area contributed by atoms with E-state index in [1.54, 1.807) is 6.07 Å². The number of carboxylic acid groups (broad SMARTS) is 1. The Hall–Kier alpha value is -2.20. The van der Waals surface area contributed by atoms with E-state index in [1.807, 2.05) is 36.5 Å². The summed E-state index contributed by atoms with van der Waals surface area (Å²) in [6.45, 7) is 2.68. The Bertz CT molecular complexity index is 640. The van der Waals surface area contributed by atoms with Crippen LogP contribution in [0.25, 0.3) is 0 Å². The summed E-state index contributed by atoms with van der Waals surface area (Å²) in [7, 11) is 0.